The second kappa shape index (κ2) is 12.0. The number of rotatable bonds is 11. The molecular formula is C13H30N2. The van der Waals surface area contributed by atoms with Gasteiger partial charge in [0.05, 0.1) is 0 Å². The normalized spacial score (nSPS) is 13.0. The summed E-state index contributed by atoms with van der Waals surface area (Å²) in [5.74, 6) is 0.840. The van der Waals surface area contributed by atoms with Gasteiger partial charge in [-0.2, -0.15) is 0 Å². The molecule has 0 heterocycles. The summed E-state index contributed by atoms with van der Waals surface area (Å²) in [5.41, 5.74) is 5.44. The fraction of sp³-hybridized carbons (Fsp3) is 1.00. The van der Waals surface area contributed by atoms with Gasteiger partial charge < -0.3 is 11.1 Å². The van der Waals surface area contributed by atoms with Crippen LogP contribution in [0.4, 0.5) is 0 Å². The van der Waals surface area contributed by atoms with E-state index < -0.39 is 0 Å². The Labute approximate surface area is 96.0 Å². The SMILES string of the molecule is CCCC(C)CNCCCCCCCN. The lowest BCUT2D eigenvalue weighted by Gasteiger charge is -2.10. The van der Waals surface area contributed by atoms with Gasteiger partial charge in [-0.15, -0.1) is 0 Å². The molecule has 0 aromatic carbocycles. The van der Waals surface area contributed by atoms with Crippen molar-refractivity contribution in [1.29, 1.82) is 0 Å². The quantitative estimate of drug-likeness (QED) is 0.519. The Hall–Kier alpha value is -0.0800. The molecule has 0 aliphatic carbocycles. The Morgan fingerprint density at radius 1 is 1.07 bits per heavy atom. The smallest absolute Gasteiger partial charge is 0.00232 e. The van der Waals surface area contributed by atoms with Crippen molar-refractivity contribution in [2.24, 2.45) is 11.7 Å². The molecule has 1 atom stereocenters. The van der Waals surface area contributed by atoms with Gasteiger partial charge in [0, 0.05) is 0 Å². The van der Waals surface area contributed by atoms with Gasteiger partial charge in [0.15, 0.2) is 0 Å². The Morgan fingerprint density at radius 2 is 1.73 bits per heavy atom. The maximum Gasteiger partial charge on any atom is -0.00232 e. The number of nitrogens with two attached hydrogens (primary N) is 1. The Bertz CT molecular complexity index is 115. The molecule has 0 aromatic heterocycles. The van der Waals surface area contributed by atoms with E-state index in [1.54, 1.807) is 0 Å². The third kappa shape index (κ3) is 11.8. The van der Waals surface area contributed by atoms with Crippen molar-refractivity contribution in [2.45, 2.75) is 58.8 Å². The predicted octanol–water partition coefficient (Wildman–Crippen LogP) is 2.92. The van der Waals surface area contributed by atoms with Crippen molar-refractivity contribution >= 4 is 0 Å². The molecule has 92 valence electrons. The van der Waals surface area contributed by atoms with E-state index in [1.807, 2.05) is 0 Å². The van der Waals surface area contributed by atoms with Crippen molar-refractivity contribution in [1.82, 2.24) is 5.32 Å². The maximum absolute atomic E-state index is 5.44. The van der Waals surface area contributed by atoms with E-state index in [2.05, 4.69) is 19.2 Å². The van der Waals surface area contributed by atoms with E-state index in [1.165, 1.54) is 58.0 Å². The first-order chi connectivity index (χ1) is 7.31. The van der Waals surface area contributed by atoms with Crippen LogP contribution in [0.1, 0.15) is 58.8 Å². The molecule has 0 amide bonds. The second-order valence-corrected chi connectivity index (χ2v) is 4.65. The molecule has 0 aliphatic heterocycles. The van der Waals surface area contributed by atoms with E-state index >= 15 is 0 Å². The van der Waals surface area contributed by atoms with Gasteiger partial charge in [-0.25, -0.2) is 0 Å². The van der Waals surface area contributed by atoms with Crippen molar-refractivity contribution in [3.63, 3.8) is 0 Å². The van der Waals surface area contributed by atoms with Crippen LogP contribution in [0.3, 0.4) is 0 Å². The van der Waals surface area contributed by atoms with Crippen molar-refractivity contribution in [2.75, 3.05) is 19.6 Å². The highest BCUT2D eigenvalue weighted by molar-refractivity contribution is 4.56. The minimum atomic E-state index is 0.840. The van der Waals surface area contributed by atoms with Gasteiger partial charge in [-0.3, -0.25) is 0 Å². The molecule has 2 nitrogen and oxygen atoms in total. The Kier molecular flexibility index (Phi) is 11.9. The van der Waals surface area contributed by atoms with Gasteiger partial charge in [-0.05, 0) is 44.8 Å². The highest BCUT2D eigenvalue weighted by Gasteiger charge is 1.98. The van der Waals surface area contributed by atoms with Crippen LogP contribution in [-0.2, 0) is 0 Å². The van der Waals surface area contributed by atoms with Gasteiger partial charge in [0.25, 0.3) is 0 Å². The molecule has 0 saturated heterocycles. The fourth-order valence-corrected chi connectivity index (χ4v) is 1.87. The second-order valence-electron chi connectivity index (χ2n) is 4.65. The molecule has 0 radical (unpaired) electrons. The highest BCUT2D eigenvalue weighted by Crippen LogP contribution is 2.04. The van der Waals surface area contributed by atoms with Crippen LogP contribution in [0, 0.1) is 5.92 Å². The summed E-state index contributed by atoms with van der Waals surface area (Å²) in [6.45, 7) is 7.83. The zero-order valence-corrected chi connectivity index (χ0v) is 10.7. The summed E-state index contributed by atoms with van der Waals surface area (Å²) >= 11 is 0. The van der Waals surface area contributed by atoms with E-state index in [-0.39, 0.29) is 0 Å². The Morgan fingerprint density at radius 3 is 2.40 bits per heavy atom. The number of hydrogen-bond acceptors (Lipinski definition) is 2. The van der Waals surface area contributed by atoms with E-state index in [4.69, 9.17) is 5.73 Å². The molecule has 0 bridgehead atoms. The maximum atomic E-state index is 5.44. The highest BCUT2D eigenvalue weighted by atomic mass is 14.8. The lowest BCUT2D eigenvalue weighted by molar-refractivity contribution is 0.467. The summed E-state index contributed by atoms with van der Waals surface area (Å²) in [6.07, 6.45) is 9.19. The molecule has 2 heteroatoms. The zero-order chi connectivity index (χ0) is 11.4. The van der Waals surface area contributed by atoms with E-state index in [0.29, 0.717) is 0 Å². The topological polar surface area (TPSA) is 38.0 Å². The van der Waals surface area contributed by atoms with Crippen LogP contribution in [-0.4, -0.2) is 19.6 Å². The van der Waals surface area contributed by atoms with Crippen LogP contribution in [0.15, 0.2) is 0 Å². The fourth-order valence-electron chi connectivity index (χ4n) is 1.87. The minimum Gasteiger partial charge on any atom is -0.330 e. The minimum absolute atomic E-state index is 0.840. The van der Waals surface area contributed by atoms with E-state index in [0.717, 1.165) is 12.5 Å². The van der Waals surface area contributed by atoms with Crippen LogP contribution >= 0.6 is 0 Å². The zero-order valence-electron chi connectivity index (χ0n) is 10.7. The standard InChI is InChI=1S/C13H30N2/c1-3-9-13(2)12-15-11-8-6-4-5-7-10-14/h13,15H,3-12,14H2,1-2H3. The molecule has 0 saturated carbocycles. The van der Waals surface area contributed by atoms with Crippen molar-refractivity contribution in [3.8, 4) is 0 Å². The molecule has 0 rings (SSSR count). The monoisotopic (exact) mass is 214 g/mol. The molecule has 15 heavy (non-hydrogen) atoms. The molecule has 0 spiro atoms. The average molecular weight is 214 g/mol. The van der Waals surface area contributed by atoms with Crippen LogP contribution in [0.25, 0.3) is 0 Å². The number of unbranched alkanes of at least 4 members (excludes halogenated alkanes) is 4. The van der Waals surface area contributed by atoms with E-state index in [9.17, 15) is 0 Å². The largest absolute Gasteiger partial charge is 0.330 e. The summed E-state index contributed by atoms with van der Waals surface area (Å²) < 4.78 is 0. The first-order valence-corrected chi connectivity index (χ1v) is 6.72. The molecule has 0 aromatic rings. The third-order valence-electron chi connectivity index (χ3n) is 2.83. The number of hydrogen-bond donors (Lipinski definition) is 2. The summed E-state index contributed by atoms with van der Waals surface area (Å²) in [5, 5.41) is 3.54. The lowest BCUT2D eigenvalue weighted by Crippen LogP contribution is -2.22. The van der Waals surface area contributed by atoms with Crippen molar-refractivity contribution in [3.05, 3.63) is 0 Å². The molecule has 3 N–H and O–H groups in total. The van der Waals surface area contributed by atoms with Crippen LogP contribution in [0.5, 0.6) is 0 Å². The van der Waals surface area contributed by atoms with Crippen molar-refractivity contribution < 1.29 is 0 Å². The molecule has 0 fully saturated rings. The first-order valence-electron chi connectivity index (χ1n) is 6.72. The molecule has 1 unspecified atom stereocenters. The molecule has 0 aliphatic rings. The summed E-state index contributed by atoms with van der Waals surface area (Å²) in [4.78, 5) is 0. The third-order valence-corrected chi connectivity index (χ3v) is 2.83. The predicted molar refractivity (Wildman–Crippen MR) is 69.1 cm³/mol. The average Bonchev–Trinajstić information content (AvgIpc) is 2.22. The van der Waals surface area contributed by atoms with Crippen LogP contribution < -0.4 is 11.1 Å². The van der Waals surface area contributed by atoms with Gasteiger partial charge in [-0.1, -0.05) is 39.5 Å². The first kappa shape index (κ1) is 14.9. The summed E-state index contributed by atoms with van der Waals surface area (Å²) in [7, 11) is 0. The van der Waals surface area contributed by atoms with Gasteiger partial charge >= 0.3 is 0 Å². The Balaban J connectivity index is 2.98. The van der Waals surface area contributed by atoms with Crippen LogP contribution in [0.2, 0.25) is 0 Å². The number of nitrogens with one attached hydrogen (secondary N) is 1. The summed E-state index contributed by atoms with van der Waals surface area (Å²) in [6, 6.07) is 0. The lowest BCUT2D eigenvalue weighted by atomic mass is 10.1. The van der Waals surface area contributed by atoms with Gasteiger partial charge in [0.1, 0.15) is 0 Å². The van der Waals surface area contributed by atoms with Gasteiger partial charge in [0.2, 0.25) is 0 Å². The molecular weight excluding hydrogens is 184 g/mol.